The third-order valence-corrected chi connectivity index (χ3v) is 3.27. The lowest BCUT2D eigenvalue weighted by atomic mass is 10.00. The van der Waals surface area contributed by atoms with Crippen molar-refractivity contribution in [1.29, 1.82) is 0 Å². The van der Waals surface area contributed by atoms with Crippen molar-refractivity contribution in [3.63, 3.8) is 0 Å². The second-order valence-electron chi connectivity index (χ2n) is 4.51. The van der Waals surface area contributed by atoms with Crippen molar-refractivity contribution in [3.8, 4) is 5.75 Å². The van der Waals surface area contributed by atoms with Crippen LogP contribution in [0.2, 0.25) is 5.02 Å². The number of hydrogen-bond acceptors (Lipinski definition) is 3. The average molecular weight is 304 g/mol. The summed E-state index contributed by atoms with van der Waals surface area (Å²) in [5.41, 5.74) is 6.63. The molecule has 2 aromatic rings. The Labute approximate surface area is 127 Å². The third kappa shape index (κ3) is 3.61. The van der Waals surface area contributed by atoms with Gasteiger partial charge in [0.2, 0.25) is 5.91 Å². The van der Waals surface area contributed by atoms with E-state index in [0.717, 1.165) is 5.56 Å². The minimum absolute atomic E-state index is 0.166. The summed E-state index contributed by atoms with van der Waals surface area (Å²) in [7, 11) is 1.47. The fourth-order valence-electron chi connectivity index (χ4n) is 2.01. The van der Waals surface area contributed by atoms with Gasteiger partial charge >= 0.3 is 0 Å². The summed E-state index contributed by atoms with van der Waals surface area (Å²) in [5, 5.41) is 0.568. The molecule has 0 bridgehead atoms. The van der Waals surface area contributed by atoms with Crippen LogP contribution in [0.5, 0.6) is 5.75 Å². The molecule has 0 radical (unpaired) electrons. The smallest absolute Gasteiger partial charge is 0.248 e. The van der Waals surface area contributed by atoms with E-state index in [4.69, 9.17) is 22.1 Å². The van der Waals surface area contributed by atoms with E-state index in [1.807, 2.05) is 6.07 Å². The Hall–Kier alpha value is -2.33. The van der Waals surface area contributed by atoms with Crippen molar-refractivity contribution in [2.45, 2.75) is 6.42 Å². The van der Waals surface area contributed by atoms with Gasteiger partial charge in [-0.05, 0) is 35.9 Å². The molecule has 0 saturated carbocycles. The Bertz CT molecular complexity index is 698. The maximum atomic E-state index is 12.4. The van der Waals surface area contributed by atoms with Crippen LogP contribution >= 0.6 is 11.6 Å². The van der Waals surface area contributed by atoms with E-state index in [9.17, 15) is 9.59 Å². The van der Waals surface area contributed by atoms with Crippen LogP contribution in [0, 0.1) is 0 Å². The number of methoxy groups -OCH3 is 1. The maximum absolute atomic E-state index is 12.4. The van der Waals surface area contributed by atoms with Gasteiger partial charge in [-0.2, -0.15) is 0 Å². The zero-order chi connectivity index (χ0) is 15.4. The van der Waals surface area contributed by atoms with E-state index < -0.39 is 5.91 Å². The summed E-state index contributed by atoms with van der Waals surface area (Å²) in [5.74, 6) is -0.348. The van der Waals surface area contributed by atoms with Crippen LogP contribution in [0.4, 0.5) is 0 Å². The molecule has 0 aliphatic carbocycles. The van der Waals surface area contributed by atoms with Gasteiger partial charge in [0, 0.05) is 17.0 Å². The molecular formula is C16H14ClNO3. The van der Waals surface area contributed by atoms with Gasteiger partial charge in [0.05, 0.1) is 12.7 Å². The zero-order valence-electron chi connectivity index (χ0n) is 11.4. The minimum atomic E-state index is -0.588. The van der Waals surface area contributed by atoms with Gasteiger partial charge in [0.15, 0.2) is 5.78 Å². The molecule has 0 fully saturated rings. The lowest BCUT2D eigenvalue weighted by Crippen LogP contribution is -2.13. The first-order chi connectivity index (χ1) is 10.0. The Kier molecular flexibility index (Phi) is 4.60. The van der Waals surface area contributed by atoms with Gasteiger partial charge < -0.3 is 10.5 Å². The molecule has 2 N–H and O–H groups in total. The summed E-state index contributed by atoms with van der Waals surface area (Å²) in [6.07, 6.45) is 0.166. The predicted molar refractivity (Wildman–Crippen MR) is 81.0 cm³/mol. The molecule has 21 heavy (non-hydrogen) atoms. The summed E-state index contributed by atoms with van der Waals surface area (Å²) in [6, 6.07) is 11.6. The highest BCUT2D eigenvalue weighted by atomic mass is 35.5. The number of carbonyl (C=O) groups is 2. The Morgan fingerprint density at radius 2 is 1.95 bits per heavy atom. The number of ketones is 1. The van der Waals surface area contributed by atoms with Crippen molar-refractivity contribution in [3.05, 3.63) is 64.2 Å². The molecular weight excluding hydrogens is 290 g/mol. The zero-order valence-corrected chi connectivity index (χ0v) is 12.2. The van der Waals surface area contributed by atoms with E-state index in [-0.39, 0.29) is 17.8 Å². The number of ether oxygens (including phenoxy) is 1. The highest BCUT2D eigenvalue weighted by molar-refractivity contribution is 6.30. The molecule has 0 aromatic heterocycles. The number of Topliss-reactive ketones (excluding diaryl/α,β-unsaturated/α-hetero) is 1. The molecule has 0 unspecified atom stereocenters. The molecule has 0 aliphatic rings. The molecule has 0 aliphatic heterocycles. The van der Waals surface area contributed by atoms with E-state index in [1.165, 1.54) is 19.2 Å². The number of rotatable bonds is 5. The molecule has 0 atom stereocenters. The van der Waals surface area contributed by atoms with Gasteiger partial charge in [0.1, 0.15) is 5.75 Å². The van der Waals surface area contributed by atoms with Gasteiger partial charge in [-0.15, -0.1) is 0 Å². The number of carbonyl (C=O) groups excluding carboxylic acids is 2. The first kappa shape index (κ1) is 15.1. The molecule has 108 valence electrons. The number of primary amides is 1. The minimum Gasteiger partial charge on any atom is -0.496 e. The summed E-state index contributed by atoms with van der Waals surface area (Å²) in [4.78, 5) is 23.6. The molecule has 0 heterocycles. The molecule has 2 aromatic carbocycles. The largest absolute Gasteiger partial charge is 0.496 e. The second-order valence-corrected chi connectivity index (χ2v) is 4.95. The number of amides is 1. The van der Waals surface area contributed by atoms with Gasteiger partial charge in [-0.1, -0.05) is 23.7 Å². The maximum Gasteiger partial charge on any atom is 0.248 e. The summed E-state index contributed by atoms with van der Waals surface area (Å²) >= 11 is 5.90. The molecule has 5 heteroatoms. The molecule has 0 saturated heterocycles. The van der Waals surface area contributed by atoms with Gasteiger partial charge in [-0.3, -0.25) is 9.59 Å². The van der Waals surface area contributed by atoms with Crippen LogP contribution < -0.4 is 10.5 Å². The highest BCUT2D eigenvalue weighted by Gasteiger charge is 2.15. The van der Waals surface area contributed by atoms with E-state index in [0.29, 0.717) is 16.3 Å². The molecule has 2 rings (SSSR count). The van der Waals surface area contributed by atoms with Crippen LogP contribution in [-0.2, 0) is 6.42 Å². The second kappa shape index (κ2) is 6.41. The molecule has 1 amide bonds. The predicted octanol–water partition coefficient (Wildman–Crippen LogP) is 2.87. The van der Waals surface area contributed by atoms with Crippen molar-refractivity contribution in [2.75, 3.05) is 7.11 Å². The van der Waals surface area contributed by atoms with Crippen LogP contribution in [0.25, 0.3) is 0 Å². The molecule has 0 spiro atoms. The Balaban J connectivity index is 2.33. The first-order valence-electron chi connectivity index (χ1n) is 6.26. The normalized spacial score (nSPS) is 10.2. The monoisotopic (exact) mass is 303 g/mol. The van der Waals surface area contributed by atoms with E-state index >= 15 is 0 Å². The van der Waals surface area contributed by atoms with Crippen molar-refractivity contribution >= 4 is 23.3 Å². The number of halogens is 1. The Morgan fingerprint density at radius 3 is 2.57 bits per heavy atom. The highest BCUT2D eigenvalue weighted by Crippen LogP contribution is 2.22. The van der Waals surface area contributed by atoms with Crippen LogP contribution in [-0.4, -0.2) is 18.8 Å². The fraction of sp³-hybridized carbons (Fsp3) is 0.125. The van der Waals surface area contributed by atoms with Crippen molar-refractivity contribution < 1.29 is 14.3 Å². The average Bonchev–Trinajstić information content (AvgIpc) is 2.46. The van der Waals surface area contributed by atoms with Gasteiger partial charge in [-0.25, -0.2) is 0 Å². The summed E-state index contributed by atoms with van der Waals surface area (Å²) < 4.78 is 5.16. The van der Waals surface area contributed by atoms with Crippen molar-refractivity contribution in [2.24, 2.45) is 5.73 Å². The number of nitrogens with two attached hydrogens (primary N) is 1. The third-order valence-electron chi connectivity index (χ3n) is 3.04. The number of hydrogen-bond donors (Lipinski definition) is 1. The van der Waals surface area contributed by atoms with Crippen LogP contribution in [0.1, 0.15) is 26.3 Å². The fourth-order valence-corrected chi connectivity index (χ4v) is 2.22. The van der Waals surface area contributed by atoms with E-state index in [1.54, 1.807) is 24.3 Å². The first-order valence-corrected chi connectivity index (χ1v) is 6.64. The van der Waals surface area contributed by atoms with Crippen LogP contribution in [0.3, 0.4) is 0 Å². The summed E-state index contributed by atoms with van der Waals surface area (Å²) in [6.45, 7) is 0. The number of benzene rings is 2. The van der Waals surface area contributed by atoms with Crippen LogP contribution in [0.15, 0.2) is 42.5 Å². The SMILES string of the molecule is COc1ccc(C(N)=O)cc1C(=O)Cc1cccc(Cl)c1. The lowest BCUT2D eigenvalue weighted by molar-refractivity contribution is 0.0990. The van der Waals surface area contributed by atoms with E-state index in [2.05, 4.69) is 0 Å². The lowest BCUT2D eigenvalue weighted by Gasteiger charge is -2.09. The van der Waals surface area contributed by atoms with Gasteiger partial charge in [0.25, 0.3) is 0 Å². The topological polar surface area (TPSA) is 69.4 Å². The standard InChI is InChI=1S/C16H14ClNO3/c1-21-15-6-5-11(16(18)20)9-13(15)14(19)8-10-3-2-4-12(17)7-10/h2-7,9H,8H2,1H3,(H2,18,20). The molecule has 4 nitrogen and oxygen atoms in total. The quantitative estimate of drug-likeness (QED) is 0.863. The van der Waals surface area contributed by atoms with Crippen molar-refractivity contribution in [1.82, 2.24) is 0 Å². The Morgan fingerprint density at radius 1 is 1.19 bits per heavy atom.